The summed E-state index contributed by atoms with van der Waals surface area (Å²) >= 11 is 0. The molecule has 6 nitrogen and oxygen atoms in total. The lowest BCUT2D eigenvalue weighted by molar-refractivity contribution is -0.566. The summed E-state index contributed by atoms with van der Waals surface area (Å²) in [7, 11) is 0. The van der Waals surface area contributed by atoms with Crippen molar-refractivity contribution in [2.45, 2.75) is 26.2 Å². The molecule has 10 rings (SSSR count). The van der Waals surface area contributed by atoms with E-state index in [0.717, 1.165) is 27.5 Å². The molecule has 7 heteroatoms. The Kier molecular flexibility index (Phi) is 6.83. The topological polar surface area (TPSA) is 48.8 Å². The molecule has 0 aliphatic heterocycles. The molecule has 3 heterocycles. The van der Waals surface area contributed by atoms with Gasteiger partial charge in [0.1, 0.15) is 22.9 Å². The lowest BCUT2D eigenvalue weighted by Crippen LogP contribution is -3.00. The Bertz CT molecular complexity index is 3550. The first-order chi connectivity index (χ1) is 32.0. The van der Waals surface area contributed by atoms with Crippen molar-refractivity contribution in [1.29, 1.82) is 0 Å². The van der Waals surface area contributed by atoms with E-state index in [1.54, 1.807) is 35.3 Å². The smallest absolute Gasteiger partial charge is 0.255 e. The maximum absolute atomic E-state index is 9.00. The zero-order valence-corrected chi connectivity index (χ0v) is 32.4. The van der Waals surface area contributed by atoms with Gasteiger partial charge in [-0.25, -0.2) is 9.97 Å². The van der Waals surface area contributed by atoms with E-state index in [-0.39, 0.29) is 45.8 Å². The van der Waals surface area contributed by atoms with Gasteiger partial charge in [0.15, 0.2) is 11.0 Å². The molecular weight excluding hydrogens is 734 g/mol. The van der Waals surface area contributed by atoms with Gasteiger partial charge in [-0.2, -0.15) is 9.13 Å². The second kappa shape index (κ2) is 14.8. The molecule has 0 N–H and O–H groups in total. The summed E-state index contributed by atoms with van der Waals surface area (Å²) in [6.45, 7) is 6.35. The fraction of sp³-hybridized carbons (Fsp3) is 0.0784. The van der Waals surface area contributed by atoms with E-state index in [9.17, 15) is 0 Å². The highest BCUT2D eigenvalue weighted by molar-refractivity contribution is 6.09. The Morgan fingerprint density at radius 2 is 1.26 bits per heavy atom. The van der Waals surface area contributed by atoms with E-state index in [1.165, 1.54) is 0 Å². The summed E-state index contributed by atoms with van der Waals surface area (Å²) in [4.78, 5) is 9.71. The third-order valence-corrected chi connectivity index (χ3v) is 10.0. The van der Waals surface area contributed by atoms with Crippen LogP contribution in [0.5, 0.6) is 11.5 Å². The quantitative estimate of drug-likeness (QED) is 0.152. The number of hydrogen-bond donors (Lipinski definition) is 0. The number of ether oxygens (including phenoxy) is 1. The SMILES string of the molecule is [2H]c1c([2H])c([2H])c(-c2cccc(-c3c([2H])c([2H])c([2H])c([2H])c3[2H])c2-[n+]2cn(-c3cccc(Oc4ccc5c6ccccc6n(-c6nccc(C(C)(C)C)n6)c5c4)c3)c3ccccc32)c([2H])c1[2H].[Cl-]. The molecule has 0 unspecified atom stereocenters. The van der Waals surface area contributed by atoms with Gasteiger partial charge in [-0.05, 0) is 59.7 Å². The maximum Gasteiger partial charge on any atom is 0.255 e. The molecule has 0 aliphatic rings. The molecule has 3 aromatic heterocycles. The first-order valence-corrected chi connectivity index (χ1v) is 18.5. The minimum atomic E-state index is -0.560. The minimum absolute atomic E-state index is 0. The van der Waals surface area contributed by atoms with Crippen molar-refractivity contribution in [3.05, 3.63) is 194 Å². The van der Waals surface area contributed by atoms with Gasteiger partial charge < -0.3 is 17.1 Å². The van der Waals surface area contributed by atoms with Crippen LogP contribution in [-0.4, -0.2) is 19.1 Å². The number of benzene rings is 7. The Hall–Kier alpha value is -7.02. The van der Waals surface area contributed by atoms with Crippen molar-refractivity contribution >= 4 is 32.8 Å². The highest BCUT2D eigenvalue weighted by atomic mass is 35.5. The Balaban J connectivity index is 0.00000578. The largest absolute Gasteiger partial charge is 1.00 e. The lowest BCUT2D eigenvalue weighted by Gasteiger charge is -2.18. The molecule has 58 heavy (non-hydrogen) atoms. The molecule has 282 valence electrons. The molecule has 0 saturated carbocycles. The van der Waals surface area contributed by atoms with E-state index in [0.29, 0.717) is 34.2 Å². The third kappa shape index (κ3) is 6.47. The van der Waals surface area contributed by atoms with E-state index in [2.05, 4.69) is 37.5 Å². The van der Waals surface area contributed by atoms with Gasteiger partial charge in [-0.15, -0.1) is 0 Å². The Labute approximate surface area is 357 Å². The number of para-hydroxylation sites is 4. The van der Waals surface area contributed by atoms with Gasteiger partial charge in [0, 0.05) is 45.6 Å². The van der Waals surface area contributed by atoms with Crippen LogP contribution in [0.4, 0.5) is 0 Å². The number of imidazole rings is 1. The van der Waals surface area contributed by atoms with Crippen LogP contribution in [0.1, 0.15) is 40.2 Å². The van der Waals surface area contributed by atoms with Crippen molar-refractivity contribution < 1.29 is 35.4 Å². The summed E-state index contributed by atoms with van der Waals surface area (Å²) < 4.78 is 99.2. The number of fused-ring (bicyclic) bond motifs is 4. The normalized spacial score (nSPS) is 14.0. The van der Waals surface area contributed by atoms with Crippen molar-refractivity contribution in [1.82, 2.24) is 19.1 Å². The van der Waals surface area contributed by atoms with Crippen molar-refractivity contribution in [2.24, 2.45) is 0 Å². The summed E-state index contributed by atoms with van der Waals surface area (Å²) in [5, 5.41) is 2.06. The number of halogens is 1. The van der Waals surface area contributed by atoms with Gasteiger partial charge in [0.2, 0.25) is 5.95 Å². The summed E-state index contributed by atoms with van der Waals surface area (Å²) in [5.41, 5.74) is 4.92. The average molecular weight is 784 g/mol. The van der Waals surface area contributed by atoms with E-state index in [1.807, 2.05) is 89.5 Å². The average Bonchev–Trinajstić information content (AvgIpc) is 3.87. The molecule has 0 aliphatic carbocycles. The molecule has 10 aromatic rings. The predicted octanol–water partition coefficient (Wildman–Crippen LogP) is 9.22. The predicted molar refractivity (Wildman–Crippen MR) is 231 cm³/mol. The zero-order chi connectivity index (χ0) is 47.2. The summed E-state index contributed by atoms with van der Waals surface area (Å²) in [6.07, 6.45) is 3.56. The standard InChI is InChI=1S/C51H40N5O.ClH/c1-51(2,3)48-30-31-52-50(53-48)56-44-25-11-10-22-42(44)43-29-28-39(33-47(43)56)57-38-21-14-20-37(32-38)54-34-55(46-27-13-12-26-45(46)54)49-40(35-16-6-4-7-17-35)23-15-24-41(49)36-18-8-5-9-19-36;/h4-34H,1-3H3;1H/q+1;/p-1/i4D,5D,6D,7D,8D,9D,16D,17D,18D,19D;. The molecular formula is C51H40ClN5O. The first kappa shape index (κ1) is 26.8. The minimum Gasteiger partial charge on any atom is -1.00 e. The van der Waals surface area contributed by atoms with E-state index in [4.69, 9.17) is 28.4 Å². The van der Waals surface area contributed by atoms with Crippen LogP contribution in [0.25, 0.3) is 72.4 Å². The summed E-state index contributed by atoms with van der Waals surface area (Å²) in [5.74, 6) is 1.64. The molecule has 7 aromatic carbocycles. The third-order valence-electron chi connectivity index (χ3n) is 10.0. The van der Waals surface area contributed by atoms with Crippen LogP contribution in [0.15, 0.2) is 188 Å². The maximum atomic E-state index is 9.00. The Morgan fingerprint density at radius 1 is 0.621 bits per heavy atom. The van der Waals surface area contributed by atoms with Gasteiger partial charge in [0.25, 0.3) is 6.33 Å². The second-order valence-electron chi connectivity index (χ2n) is 14.7. The van der Waals surface area contributed by atoms with Crippen LogP contribution in [-0.2, 0) is 5.41 Å². The van der Waals surface area contributed by atoms with Crippen molar-refractivity contribution in [3.8, 4) is 51.1 Å². The number of hydrogen-bond acceptors (Lipinski definition) is 3. The molecule has 0 fully saturated rings. The van der Waals surface area contributed by atoms with E-state index < -0.39 is 60.4 Å². The van der Waals surface area contributed by atoms with Crippen LogP contribution >= 0.6 is 0 Å². The lowest BCUT2D eigenvalue weighted by atomic mass is 9.92. The van der Waals surface area contributed by atoms with Gasteiger partial charge in [-0.3, -0.25) is 4.57 Å². The number of aromatic nitrogens is 5. The van der Waals surface area contributed by atoms with Gasteiger partial charge >= 0.3 is 0 Å². The molecule has 0 atom stereocenters. The first-order valence-electron chi connectivity index (χ1n) is 23.5. The number of rotatable bonds is 7. The number of nitrogens with zero attached hydrogens (tertiary/aromatic N) is 5. The molecule has 0 saturated heterocycles. The second-order valence-corrected chi connectivity index (χ2v) is 14.7. The summed E-state index contributed by atoms with van der Waals surface area (Å²) in [6, 6.07) is 30.7. The van der Waals surface area contributed by atoms with Gasteiger partial charge in [-0.1, -0.05) is 136 Å². The zero-order valence-electron chi connectivity index (χ0n) is 41.6. The van der Waals surface area contributed by atoms with Crippen molar-refractivity contribution in [2.75, 3.05) is 0 Å². The Morgan fingerprint density at radius 3 is 1.98 bits per heavy atom. The fourth-order valence-corrected chi connectivity index (χ4v) is 7.41. The fourth-order valence-electron chi connectivity index (χ4n) is 7.41. The van der Waals surface area contributed by atoms with Crippen LogP contribution < -0.4 is 21.7 Å². The molecule has 0 spiro atoms. The molecule has 0 radical (unpaired) electrons. The molecule has 0 amide bonds. The van der Waals surface area contributed by atoms with Crippen LogP contribution in [0, 0.1) is 0 Å². The van der Waals surface area contributed by atoms with Gasteiger partial charge in [0.05, 0.1) is 30.4 Å². The highest BCUT2D eigenvalue weighted by Crippen LogP contribution is 2.37. The van der Waals surface area contributed by atoms with Crippen LogP contribution in [0.3, 0.4) is 0 Å². The molecule has 0 bridgehead atoms. The monoisotopic (exact) mass is 783 g/mol. The van der Waals surface area contributed by atoms with Crippen LogP contribution in [0.2, 0.25) is 0 Å². The highest BCUT2D eigenvalue weighted by Gasteiger charge is 2.25. The van der Waals surface area contributed by atoms with Crippen molar-refractivity contribution in [3.63, 3.8) is 0 Å². The van der Waals surface area contributed by atoms with E-state index >= 15 is 0 Å².